The van der Waals surface area contributed by atoms with Crippen molar-refractivity contribution in [3.8, 4) is 5.40 Å². The van der Waals surface area contributed by atoms with Gasteiger partial charge in [0.1, 0.15) is 5.40 Å². The summed E-state index contributed by atoms with van der Waals surface area (Å²) in [5, 5.41) is 9.99. The summed E-state index contributed by atoms with van der Waals surface area (Å²) in [6.07, 6.45) is 1.24. The Morgan fingerprint density at radius 2 is 2.09 bits per heavy atom. The lowest BCUT2D eigenvalue weighted by Gasteiger charge is -1.93. The van der Waals surface area contributed by atoms with Gasteiger partial charge in [0.25, 0.3) is 0 Å². The van der Waals surface area contributed by atoms with Crippen LogP contribution in [0.25, 0.3) is 0 Å². The van der Waals surface area contributed by atoms with Crippen LogP contribution in [0.4, 0.5) is 0 Å². The lowest BCUT2D eigenvalue weighted by atomic mass is 10.4. The van der Waals surface area contributed by atoms with Gasteiger partial charge in [-0.2, -0.15) is 5.26 Å². The van der Waals surface area contributed by atoms with Crippen molar-refractivity contribution in [2.24, 2.45) is 0 Å². The molecule has 0 radical (unpaired) electrons. The molecule has 0 aliphatic heterocycles. The number of thioether (sulfide) groups is 1. The van der Waals surface area contributed by atoms with Crippen LogP contribution in [-0.2, 0) is 9.05 Å². The fourth-order valence-corrected chi connectivity index (χ4v) is 1.81. The van der Waals surface area contributed by atoms with Gasteiger partial charge in [0.05, 0.1) is 5.75 Å². The summed E-state index contributed by atoms with van der Waals surface area (Å²) >= 11 is 1.13. The first-order chi connectivity index (χ1) is 5.06. The topological polar surface area (TPSA) is 57.9 Å². The summed E-state index contributed by atoms with van der Waals surface area (Å²) in [5.74, 6) is 0.670. The molecule has 0 aliphatic carbocycles. The molecule has 0 spiro atoms. The van der Waals surface area contributed by atoms with E-state index < -0.39 is 9.05 Å². The Kier molecular flexibility index (Phi) is 5.74. The maximum Gasteiger partial charge on any atom is 0.232 e. The van der Waals surface area contributed by atoms with Crippen molar-refractivity contribution < 1.29 is 8.42 Å². The summed E-state index contributed by atoms with van der Waals surface area (Å²) in [5.41, 5.74) is 0. The molecule has 64 valence electrons. The lowest BCUT2D eigenvalue weighted by molar-refractivity contribution is 0.606. The van der Waals surface area contributed by atoms with E-state index in [4.69, 9.17) is 15.9 Å². The zero-order chi connectivity index (χ0) is 8.74. The molecular formula is C5H8ClNO2S2. The van der Waals surface area contributed by atoms with Crippen LogP contribution >= 0.6 is 22.4 Å². The minimum Gasteiger partial charge on any atom is -0.212 e. The molecule has 11 heavy (non-hydrogen) atoms. The first-order valence-electron chi connectivity index (χ1n) is 2.99. The van der Waals surface area contributed by atoms with Crippen LogP contribution in [0.2, 0.25) is 0 Å². The van der Waals surface area contributed by atoms with E-state index in [2.05, 4.69) is 0 Å². The SMILES string of the molecule is N#CSCCCCS(=O)(=O)Cl. The molecule has 0 saturated carbocycles. The van der Waals surface area contributed by atoms with Gasteiger partial charge in [-0.25, -0.2) is 8.42 Å². The molecule has 0 unspecified atom stereocenters. The number of hydrogen-bond donors (Lipinski definition) is 0. The molecule has 3 nitrogen and oxygen atoms in total. The van der Waals surface area contributed by atoms with Gasteiger partial charge in [-0.3, -0.25) is 0 Å². The normalized spacial score (nSPS) is 10.9. The van der Waals surface area contributed by atoms with Gasteiger partial charge in [-0.15, -0.1) is 0 Å². The van der Waals surface area contributed by atoms with Gasteiger partial charge < -0.3 is 0 Å². The highest BCUT2D eigenvalue weighted by molar-refractivity contribution is 8.13. The Morgan fingerprint density at radius 3 is 2.55 bits per heavy atom. The van der Waals surface area contributed by atoms with Crippen molar-refractivity contribution in [3.63, 3.8) is 0 Å². The molecule has 0 amide bonds. The van der Waals surface area contributed by atoms with Crippen LogP contribution in [0.3, 0.4) is 0 Å². The van der Waals surface area contributed by atoms with Crippen molar-refractivity contribution in [2.75, 3.05) is 11.5 Å². The standard InChI is InChI=1S/C5H8ClNO2S2/c6-11(8,9)4-2-1-3-10-5-7/h1-4H2. The Bertz CT molecular complexity index is 231. The highest BCUT2D eigenvalue weighted by Gasteiger charge is 2.03. The van der Waals surface area contributed by atoms with Crippen molar-refractivity contribution >= 4 is 31.5 Å². The summed E-state index contributed by atoms with van der Waals surface area (Å²) < 4.78 is 20.7. The fourth-order valence-electron chi connectivity index (χ4n) is 0.494. The zero-order valence-electron chi connectivity index (χ0n) is 5.79. The monoisotopic (exact) mass is 213 g/mol. The molecule has 6 heteroatoms. The third-order valence-electron chi connectivity index (χ3n) is 0.949. The predicted octanol–water partition coefficient (Wildman–Crippen LogP) is 1.55. The summed E-state index contributed by atoms with van der Waals surface area (Å²) in [6.45, 7) is 0. The number of unbranched alkanes of at least 4 members (excludes halogenated alkanes) is 1. The van der Waals surface area contributed by atoms with E-state index in [0.29, 0.717) is 18.6 Å². The van der Waals surface area contributed by atoms with Crippen LogP contribution < -0.4 is 0 Å². The molecule has 0 saturated heterocycles. The average Bonchev–Trinajstić information content (AvgIpc) is 1.85. The largest absolute Gasteiger partial charge is 0.232 e. The van der Waals surface area contributed by atoms with Crippen LogP contribution in [0.5, 0.6) is 0 Å². The van der Waals surface area contributed by atoms with E-state index in [1.165, 1.54) is 0 Å². The molecule has 0 bridgehead atoms. The molecule has 0 aromatic rings. The maximum absolute atomic E-state index is 10.4. The molecule has 0 rings (SSSR count). The number of halogens is 1. The number of nitrogens with zero attached hydrogens (tertiary/aromatic N) is 1. The average molecular weight is 214 g/mol. The van der Waals surface area contributed by atoms with Crippen LogP contribution in [0.15, 0.2) is 0 Å². The highest BCUT2D eigenvalue weighted by Crippen LogP contribution is 2.05. The second-order valence-corrected chi connectivity index (χ2v) is 5.67. The summed E-state index contributed by atoms with van der Waals surface area (Å²) in [4.78, 5) is 0. The maximum atomic E-state index is 10.4. The fraction of sp³-hybridized carbons (Fsp3) is 0.800. The Balaban J connectivity index is 3.24. The zero-order valence-corrected chi connectivity index (χ0v) is 8.18. The Labute approximate surface area is 75.1 Å². The van der Waals surface area contributed by atoms with Gasteiger partial charge in [-0.05, 0) is 24.6 Å². The molecule has 0 fully saturated rings. The van der Waals surface area contributed by atoms with Crippen molar-refractivity contribution in [3.05, 3.63) is 0 Å². The predicted molar refractivity (Wildman–Crippen MR) is 46.9 cm³/mol. The quantitative estimate of drug-likeness (QED) is 0.395. The molecule has 0 aliphatic rings. The highest BCUT2D eigenvalue weighted by atomic mass is 35.7. The molecule has 0 aromatic carbocycles. The molecule has 0 heterocycles. The number of thiocyanates is 1. The van der Waals surface area contributed by atoms with E-state index >= 15 is 0 Å². The summed E-state index contributed by atoms with van der Waals surface area (Å²) in [7, 11) is 1.62. The van der Waals surface area contributed by atoms with E-state index in [1.54, 1.807) is 0 Å². The minimum atomic E-state index is -3.33. The second-order valence-electron chi connectivity index (χ2n) is 1.89. The molecular weight excluding hydrogens is 206 g/mol. The third kappa shape index (κ3) is 10.1. The second kappa shape index (κ2) is 5.70. The van der Waals surface area contributed by atoms with E-state index in [0.717, 1.165) is 11.8 Å². The molecule has 0 atom stereocenters. The Morgan fingerprint density at radius 1 is 1.45 bits per heavy atom. The first kappa shape index (κ1) is 11.1. The van der Waals surface area contributed by atoms with Gasteiger partial charge >= 0.3 is 0 Å². The number of rotatable bonds is 5. The van der Waals surface area contributed by atoms with Crippen LogP contribution in [-0.4, -0.2) is 19.9 Å². The smallest absolute Gasteiger partial charge is 0.212 e. The van der Waals surface area contributed by atoms with Crippen molar-refractivity contribution in [1.82, 2.24) is 0 Å². The van der Waals surface area contributed by atoms with Crippen LogP contribution in [0, 0.1) is 10.7 Å². The Hall–Kier alpha value is 0.0800. The van der Waals surface area contributed by atoms with Crippen LogP contribution in [0.1, 0.15) is 12.8 Å². The molecule has 0 N–H and O–H groups in total. The van der Waals surface area contributed by atoms with Gasteiger partial charge in [0.15, 0.2) is 0 Å². The van der Waals surface area contributed by atoms with Gasteiger partial charge in [0, 0.05) is 16.4 Å². The van der Waals surface area contributed by atoms with Crippen molar-refractivity contribution in [1.29, 1.82) is 5.26 Å². The molecule has 0 aromatic heterocycles. The van der Waals surface area contributed by atoms with Crippen molar-refractivity contribution in [2.45, 2.75) is 12.8 Å². The summed E-state index contributed by atoms with van der Waals surface area (Å²) in [6, 6.07) is 0. The third-order valence-corrected chi connectivity index (χ3v) is 2.81. The first-order valence-corrected chi connectivity index (χ1v) is 6.46. The van der Waals surface area contributed by atoms with E-state index in [1.807, 2.05) is 5.40 Å². The minimum absolute atomic E-state index is 0.000540. The van der Waals surface area contributed by atoms with E-state index in [9.17, 15) is 8.42 Å². The van der Waals surface area contributed by atoms with E-state index in [-0.39, 0.29) is 5.75 Å². The van der Waals surface area contributed by atoms with Gasteiger partial charge in [0.2, 0.25) is 9.05 Å². The lowest BCUT2D eigenvalue weighted by Crippen LogP contribution is -1.97. The number of hydrogen-bond acceptors (Lipinski definition) is 4. The number of nitriles is 1. The van der Waals surface area contributed by atoms with Gasteiger partial charge in [-0.1, -0.05) is 0 Å².